The number of benzene rings is 4. The molecule has 0 aliphatic carbocycles. The van der Waals surface area contributed by atoms with Crippen LogP contribution in [-0.2, 0) is 0 Å². The predicted molar refractivity (Wildman–Crippen MR) is 138 cm³/mol. The summed E-state index contributed by atoms with van der Waals surface area (Å²) in [6.45, 7) is 3.33. The molecular formula is C29H28N2O4. The predicted octanol–water partition coefficient (Wildman–Crippen LogP) is 5.80. The Morgan fingerprint density at radius 3 is 2.66 bits per heavy atom. The summed E-state index contributed by atoms with van der Waals surface area (Å²) in [6, 6.07) is 27.6. The number of hydrogen-bond donors (Lipinski definition) is 2. The van der Waals surface area contributed by atoms with Gasteiger partial charge in [0.05, 0.1) is 30.6 Å². The highest BCUT2D eigenvalue weighted by Crippen LogP contribution is 2.42. The summed E-state index contributed by atoms with van der Waals surface area (Å²) in [7, 11) is 1.59. The number of fused-ring (bicyclic) bond motifs is 2. The summed E-state index contributed by atoms with van der Waals surface area (Å²) < 4.78 is 11.9. The number of ether oxygens (including phenoxy) is 2. The van der Waals surface area contributed by atoms with Crippen molar-refractivity contribution in [2.24, 2.45) is 0 Å². The van der Waals surface area contributed by atoms with E-state index in [0.29, 0.717) is 24.5 Å². The number of aromatic carboxylic acids is 1. The third-order valence-electron chi connectivity index (χ3n) is 6.49. The van der Waals surface area contributed by atoms with Crippen molar-refractivity contribution >= 4 is 28.1 Å². The van der Waals surface area contributed by atoms with E-state index in [-0.39, 0.29) is 17.7 Å². The molecular weight excluding hydrogens is 440 g/mol. The summed E-state index contributed by atoms with van der Waals surface area (Å²) in [4.78, 5) is 13.7. The van der Waals surface area contributed by atoms with Crippen LogP contribution in [-0.4, -0.2) is 37.4 Å². The second-order valence-corrected chi connectivity index (χ2v) is 8.71. The highest BCUT2D eigenvalue weighted by Gasteiger charge is 2.29. The molecule has 0 saturated carbocycles. The number of carboxylic acid groups (broad SMARTS) is 1. The molecule has 2 unspecified atom stereocenters. The average Bonchev–Trinajstić information content (AvgIpc) is 2.90. The molecule has 1 aliphatic rings. The van der Waals surface area contributed by atoms with Crippen molar-refractivity contribution in [1.29, 1.82) is 0 Å². The Bertz CT molecular complexity index is 1360. The molecule has 178 valence electrons. The van der Waals surface area contributed by atoms with Gasteiger partial charge in [-0.05, 0) is 53.6 Å². The molecule has 6 heteroatoms. The molecule has 2 atom stereocenters. The zero-order valence-corrected chi connectivity index (χ0v) is 19.8. The van der Waals surface area contributed by atoms with E-state index < -0.39 is 5.97 Å². The van der Waals surface area contributed by atoms with Crippen LogP contribution < -0.4 is 19.7 Å². The third kappa shape index (κ3) is 4.53. The van der Waals surface area contributed by atoms with Gasteiger partial charge in [0.2, 0.25) is 0 Å². The molecule has 0 saturated heterocycles. The molecule has 4 aromatic rings. The summed E-state index contributed by atoms with van der Waals surface area (Å²) in [5.74, 6) is 0.395. The first-order chi connectivity index (χ1) is 17.0. The lowest BCUT2D eigenvalue weighted by molar-refractivity contribution is 0.0697. The molecule has 0 spiro atoms. The minimum Gasteiger partial charge on any atom is -0.495 e. The summed E-state index contributed by atoms with van der Waals surface area (Å²) in [6.07, 6.45) is -0.152. The van der Waals surface area contributed by atoms with E-state index in [1.807, 2.05) is 24.3 Å². The molecule has 4 aromatic carbocycles. The topological polar surface area (TPSA) is 71.0 Å². The maximum absolute atomic E-state index is 11.7. The number of nitrogens with one attached hydrogen (secondary N) is 1. The van der Waals surface area contributed by atoms with Gasteiger partial charge >= 0.3 is 5.97 Å². The number of anilines is 2. The van der Waals surface area contributed by atoms with Crippen LogP contribution in [0.15, 0.2) is 84.9 Å². The van der Waals surface area contributed by atoms with E-state index >= 15 is 0 Å². The molecule has 35 heavy (non-hydrogen) atoms. The minimum atomic E-state index is -0.974. The second-order valence-electron chi connectivity index (χ2n) is 8.71. The Kier molecular flexibility index (Phi) is 6.29. The fourth-order valence-electron chi connectivity index (χ4n) is 4.71. The first-order valence-corrected chi connectivity index (χ1v) is 11.7. The summed E-state index contributed by atoms with van der Waals surface area (Å²) in [5, 5.41) is 15.7. The third-order valence-corrected chi connectivity index (χ3v) is 6.49. The van der Waals surface area contributed by atoms with E-state index in [2.05, 4.69) is 59.6 Å². The van der Waals surface area contributed by atoms with Crippen molar-refractivity contribution in [2.45, 2.75) is 19.1 Å². The average molecular weight is 469 g/mol. The van der Waals surface area contributed by atoms with Crippen LogP contribution >= 0.6 is 0 Å². The van der Waals surface area contributed by atoms with Gasteiger partial charge in [-0.2, -0.15) is 0 Å². The molecule has 2 N–H and O–H groups in total. The van der Waals surface area contributed by atoms with Crippen molar-refractivity contribution in [1.82, 2.24) is 5.32 Å². The first kappa shape index (κ1) is 22.7. The zero-order valence-electron chi connectivity index (χ0n) is 19.8. The van der Waals surface area contributed by atoms with Gasteiger partial charge in [0, 0.05) is 12.6 Å². The Labute approximate surface area is 204 Å². The van der Waals surface area contributed by atoms with Gasteiger partial charge in [-0.1, -0.05) is 54.6 Å². The van der Waals surface area contributed by atoms with E-state index in [9.17, 15) is 9.90 Å². The normalized spacial score (nSPS) is 15.8. The van der Waals surface area contributed by atoms with E-state index in [1.165, 1.54) is 16.3 Å². The number of nitrogens with zero attached hydrogens (tertiary/aromatic N) is 1. The largest absolute Gasteiger partial charge is 0.495 e. The van der Waals surface area contributed by atoms with Crippen LogP contribution in [0.5, 0.6) is 11.5 Å². The summed E-state index contributed by atoms with van der Waals surface area (Å²) >= 11 is 0. The van der Waals surface area contributed by atoms with E-state index in [4.69, 9.17) is 9.47 Å². The maximum atomic E-state index is 11.7. The Morgan fingerprint density at radius 2 is 1.83 bits per heavy atom. The lowest BCUT2D eigenvalue weighted by atomic mass is 9.99. The Hall–Kier alpha value is -4.03. The molecule has 5 rings (SSSR count). The number of hydrogen-bond acceptors (Lipinski definition) is 5. The van der Waals surface area contributed by atoms with Gasteiger partial charge in [-0.15, -0.1) is 0 Å². The van der Waals surface area contributed by atoms with Crippen molar-refractivity contribution < 1.29 is 19.4 Å². The van der Waals surface area contributed by atoms with Gasteiger partial charge in [0.15, 0.2) is 0 Å². The van der Waals surface area contributed by atoms with Gasteiger partial charge in [-0.3, -0.25) is 0 Å². The summed E-state index contributed by atoms with van der Waals surface area (Å²) in [5.41, 5.74) is 3.04. The lowest BCUT2D eigenvalue weighted by Gasteiger charge is -2.37. The van der Waals surface area contributed by atoms with Crippen LogP contribution in [0.4, 0.5) is 11.4 Å². The molecule has 0 aromatic heterocycles. The van der Waals surface area contributed by atoms with Gasteiger partial charge in [0.1, 0.15) is 17.6 Å². The van der Waals surface area contributed by atoms with E-state index in [1.54, 1.807) is 25.3 Å². The standard InChI is InChI=1S/C29H28N2O4/c1-19(23-11-7-9-20-8-3-4-10-24(20)23)30-17-22-18-31(25-12-5-6-13-28(25)35-22)26-16-21(29(32)33)14-15-27(26)34-2/h3-16,19,22,30H,17-18H2,1-2H3,(H,32,33). The molecule has 6 nitrogen and oxygen atoms in total. The molecule has 0 amide bonds. The first-order valence-electron chi connectivity index (χ1n) is 11.7. The number of carbonyl (C=O) groups is 1. The zero-order chi connectivity index (χ0) is 24.4. The van der Waals surface area contributed by atoms with Gasteiger partial charge < -0.3 is 24.8 Å². The van der Waals surface area contributed by atoms with E-state index in [0.717, 1.165) is 11.4 Å². The van der Waals surface area contributed by atoms with Crippen LogP contribution in [0.25, 0.3) is 10.8 Å². The van der Waals surface area contributed by atoms with Crippen LogP contribution in [0.3, 0.4) is 0 Å². The number of methoxy groups -OCH3 is 1. The molecule has 0 radical (unpaired) electrons. The van der Waals surface area contributed by atoms with Crippen LogP contribution in [0, 0.1) is 0 Å². The quantitative estimate of drug-likeness (QED) is 0.357. The Balaban J connectivity index is 1.41. The highest BCUT2D eigenvalue weighted by atomic mass is 16.5. The van der Waals surface area contributed by atoms with Crippen LogP contribution in [0.1, 0.15) is 28.9 Å². The SMILES string of the molecule is COc1ccc(C(=O)O)cc1N1CC(CNC(C)c2cccc3ccccc23)Oc2ccccc21. The van der Waals surface area contributed by atoms with Crippen molar-refractivity contribution in [3.8, 4) is 11.5 Å². The smallest absolute Gasteiger partial charge is 0.335 e. The van der Waals surface area contributed by atoms with Gasteiger partial charge in [0.25, 0.3) is 0 Å². The van der Waals surface area contributed by atoms with Crippen molar-refractivity contribution in [2.75, 3.05) is 25.1 Å². The molecule has 1 aliphatic heterocycles. The molecule has 1 heterocycles. The van der Waals surface area contributed by atoms with Crippen LogP contribution in [0.2, 0.25) is 0 Å². The second kappa shape index (κ2) is 9.68. The fourth-order valence-corrected chi connectivity index (χ4v) is 4.71. The number of carboxylic acids is 1. The minimum absolute atomic E-state index is 0.125. The molecule has 0 fully saturated rings. The number of rotatable bonds is 7. The van der Waals surface area contributed by atoms with Gasteiger partial charge in [-0.25, -0.2) is 4.79 Å². The lowest BCUT2D eigenvalue weighted by Crippen LogP contribution is -2.44. The maximum Gasteiger partial charge on any atom is 0.335 e. The molecule has 0 bridgehead atoms. The van der Waals surface area contributed by atoms with Crippen molar-refractivity contribution in [3.05, 3.63) is 96.1 Å². The Morgan fingerprint density at radius 1 is 1.06 bits per heavy atom. The van der Waals surface area contributed by atoms with Crippen molar-refractivity contribution in [3.63, 3.8) is 0 Å². The fraction of sp³-hybridized carbons (Fsp3) is 0.207. The highest BCUT2D eigenvalue weighted by molar-refractivity contribution is 5.90. The monoisotopic (exact) mass is 468 g/mol. The number of para-hydroxylation sites is 2.